The Labute approximate surface area is 425 Å². The second-order valence-electron chi connectivity index (χ2n) is 22.7. The maximum atomic E-state index is 8.98. The van der Waals surface area contributed by atoms with Crippen molar-refractivity contribution in [3.05, 3.63) is 0 Å². The molecule has 0 spiro atoms. The van der Waals surface area contributed by atoms with E-state index < -0.39 is 28.5 Å². The van der Waals surface area contributed by atoms with Gasteiger partial charge in [0.05, 0.1) is 222 Å². The number of quaternary nitrogens is 8. The minimum Gasteiger partial charge on any atom is -0.881 e. The molecule has 24 heteroatoms. The molecule has 408 valence electrons. The van der Waals surface area contributed by atoms with E-state index in [2.05, 4.69) is 225 Å². The van der Waals surface area contributed by atoms with Crippen molar-refractivity contribution < 1.29 is 76.1 Å². The lowest BCUT2D eigenvalue weighted by molar-refractivity contribution is -0.868. The van der Waals surface area contributed by atoms with Crippen molar-refractivity contribution in [3.63, 3.8) is 0 Å². The number of rotatable bonds is 8. The van der Waals surface area contributed by atoms with E-state index in [9.17, 15) is 0 Å². The summed E-state index contributed by atoms with van der Waals surface area (Å²) >= 11 is 0. The standard InChI is InChI=1S/8C5H14N.4CBNO2/c8*1-5-6(2,3)4;4*3-1-2(4)5/h8*5H2,1-4H3;;;;/q8*+1;4*-2. The van der Waals surface area contributed by atoms with E-state index in [1.165, 1.54) is 52.4 Å². The van der Waals surface area contributed by atoms with Crippen LogP contribution in [0.3, 0.4) is 0 Å². The van der Waals surface area contributed by atoms with Gasteiger partial charge in [-0.3, -0.25) is 0 Å². The average molecular weight is 981 g/mol. The fourth-order valence-corrected chi connectivity index (χ4v) is 0. The van der Waals surface area contributed by atoms with E-state index in [4.69, 9.17) is 61.2 Å². The Kier molecular flexibility index (Phi) is 75.5. The van der Waals surface area contributed by atoms with Crippen molar-refractivity contribution in [3.8, 4) is 23.9 Å². The molecule has 0 amide bonds. The van der Waals surface area contributed by atoms with Crippen LogP contribution in [0.2, 0.25) is 0 Å². The molecule has 0 aliphatic rings. The Morgan fingerprint density at radius 2 is 0.250 bits per heavy atom. The fourth-order valence-electron chi connectivity index (χ4n) is 0. The smallest absolute Gasteiger partial charge is 0.0751 e. The van der Waals surface area contributed by atoms with Gasteiger partial charge in [0.2, 0.25) is 0 Å². The van der Waals surface area contributed by atoms with Gasteiger partial charge in [0.15, 0.2) is 0 Å². The number of nitrogens with zero attached hydrogens (tertiary/aromatic N) is 12. The molecule has 0 radical (unpaired) electrons. The lowest BCUT2D eigenvalue weighted by Crippen LogP contribution is -2.43. The summed E-state index contributed by atoms with van der Waals surface area (Å²) in [6.45, 7) is 27.1. The van der Waals surface area contributed by atoms with Crippen LogP contribution in [-0.4, -0.2) is 286 Å². The van der Waals surface area contributed by atoms with Crippen LogP contribution in [0, 0.1) is 44.9 Å². The fraction of sp³-hybridized carbons (Fsp3) is 0.909. The molecule has 0 N–H and O–H groups in total. The average Bonchev–Trinajstić information content (AvgIpc) is 3.18. The first-order valence-electron chi connectivity index (χ1n) is 22.9. The molecule has 0 heterocycles. The maximum absolute atomic E-state index is 8.98. The molecule has 0 bridgehead atoms. The van der Waals surface area contributed by atoms with Crippen molar-refractivity contribution in [2.24, 2.45) is 0 Å². The molecule has 0 aliphatic carbocycles. The van der Waals surface area contributed by atoms with Crippen molar-refractivity contribution in [1.82, 2.24) is 0 Å². The molecule has 0 fully saturated rings. The highest BCUT2D eigenvalue weighted by Crippen LogP contribution is 1.87. The monoisotopic (exact) mass is 981 g/mol. The van der Waals surface area contributed by atoms with Gasteiger partial charge in [0, 0.05) is 28.5 Å². The Morgan fingerprint density at radius 3 is 0.250 bits per heavy atom. The summed E-state index contributed by atoms with van der Waals surface area (Å²) in [4.78, 5) is 0. The molecule has 0 aliphatic heterocycles. The molecule has 68 heavy (non-hydrogen) atoms. The summed E-state index contributed by atoms with van der Waals surface area (Å²) in [5, 5.41) is 101. The Balaban J connectivity index is -0.0000000504. The normalized spacial score (nSPS) is 10.2. The zero-order chi connectivity index (χ0) is 58.8. The molecule has 0 saturated carbocycles. The molecule has 0 rings (SSSR count). The summed E-state index contributed by atoms with van der Waals surface area (Å²) in [5.41, 5.74) is 0. The van der Waals surface area contributed by atoms with Gasteiger partial charge in [-0.2, -0.15) is 0 Å². The summed E-state index contributed by atoms with van der Waals surface area (Å²) in [7, 11) is 43.1. The predicted octanol–water partition coefficient (Wildman–Crippen LogP) is -5.27. The quantitative estimate of drug-likeness (QED) is 0.163. The number of nitriles is 4. The van der Waals surface area contributed by atoms with Crippen LogP contribution in [0.15, 0.2) is 0 Å². The van der Waals surface area contributed by atoms with Crippen LogP contribution in [0.1, 0.15) is 55.4 Å². The second kappa shape index (κ2) is 53.9. The molecular formula is C44H112B4N12O8. The van der Waals surface area contributed by atoms with Crippen molar-refractivity contribution in [2.75, 3.05) is 222 Å². The molecule has 0 aromatic rings. The first-order valence-corrected chi connectivity index (χ1v) is 22.9. The summed E-state index contributed by atoms with van der Waals surface area (Å²) in [6.07, 6.45) is 0. The maximum Gasteiger partial charge on any atom is 0.0751 e. The van der Waals surface area contributed by atoms with E-state index in [1.807, 2.05) is 0 Å². The third kappa shape index (κ3) is 285. The van der Waals surface area contributed by atoms with Gasteiger partial charge in [0.25, 0.3) is 0 Å². The van der Waals surface area contributed by atoms with E-state index >= 15 is 0 Å². The molecule has 0 aromatic carbocycles. The zero-order valence-corrected chi connectivity index (χ0v) is 50.6. The van der Waals surface area contributed by atoms with Gasteiger partial charge in [0.1, 0.15) is 0 Å². The predicted molar refractivity (Wildman–Crippen MR) is 274 cm³/mol. The van der Waals surface area contributed by atoms with Gasteiger partial charge >= 0.3 is 0 Å². The molecular weight excluding hydrogens is 868 g/mol. The van der Waals surface area contributed by atoms with Crippen molar-refractivity contribution in [1.29, 1.82) is 21.0 Å². The van der Waals surface area contributed by atoms with Gasteiger partial charge in [-0.25, -0.2) is 21.0 Å². The lowest BCUT2D eigenvalue weighted by Gasteiger charge is -2.20. The minimum atomic E-state index is -2.31. The molecule has 0 saturated heterocycles. The van der Waals surface area contributed by atoms with Crippen LogP contribution in [0.25, 0.3) is 0 Å². The Hall–Kier alpha value is -2.42. The summed E-state index contributed by atoms with van der Waals surface area (Å²) < 4.78 is 8.56. The zero-order valence-electron chi connectivity index (χ0n) is 50.6. The van der Waals surface area contributed by atoms with Crippen LogP contribution < -0.4 is 40.2 Å². The van der Waals surface area contributed by atoms with E-state index in [-0.39, 0.29) is 0 Å². The SMILES string of the molecule is CC[N+](C)(C)C.CC[N+](C)(C)C.CC[N+](C)(C)C.CC[N+](C)(C)C.CC[N+](C)(C)C.CC[N+](C)(C)C.CC[N+](C)(C)C.CC[N+](C)(C)C.N#CB([O-])[O-].N#CB([O-])[O-].N#CB([O-])[O-].N#CB([O-])[O-]. The number of hydrogen-bond donors (Lipinski definition) is 0. The van der Waals surface area contributed by atoms with Crippen LogP contribution >= 0.6 is 0 Å². The van der Waals surface area contributed by atoms with E-state index in [0.29, 0.717) is 0 Å². The lowest BCUT2D eigenvalue weighted by atomic mass is 9.97. The van der Waals surface area contributed by atoms with Gasteiger partial charge in [-0.1, -0.05) is 0 Å². The Bertz CT molecular complexity index is 937. The van der Waals surface area contributed by atoms with Crippen LogP contribution in [-0.2, 0) is 0 Å². The highest BCUT2D eigenvalue weighted by molar-refractivity contribution is 6.47. The van der Waals surface area contributed by atoms with Gasteiger partial charge in [-0.05, 0) is 79.3 Å². The van der Waals surface area contributed by atoms with Crippen molar-refractivity contribution >= 4 is 28.5 Å². The highest BCUT2D eigenvalue weighted by Gasteiger charge is 2.01. The molecule has 0 aromatic heterocycles. The third-order valence-electron chi connectivity index (χ3n) is 8.01. The highest BCUT2D eigenvalue weighted by atomic mass is 16.4. The largest absolute Gasteiger partial charge is 0.881 e. The summed E-state index contributed by atoms with van der Waals surface area (Å²) in [5.74, 6) is 3.67. The topological polar surface area (TPSA) is 280 Å². The first-order chi connectivity index (χ1) is 29.6. The van der Waals surface area contributed by atoms with E-state index in [1.54, 1.807) is 0 Å². The van der Waals surface area contributed by atoms with Crippen molar-refractivity contribution in [2.45, 2.75) is 55.4 Å². The Morgan fingerprint density at radius 1 is 0.221 bits per heavy atom. The molecule has 20 nitrogen and oxygen atoms in total. The van der Waals surface area contributed by atoms with Crippen LogP contribution in [0.5, 0.6) is 0 Å². The molecule has 0 unspecified atom stereocenters. The van der Waals surface area contributed by atoms with Gasteiger partial charge < -0.3 is 76.1 Å². The first kappa shape index (κ1) is 95.3. The second-order valence-corrected chi connectivity index (χ2v) is 22.7. The van der Waals surface area contributed by atoms with Crippen LogP contribution in [0.4, 0.5) is 0 Å². The minimum absolute atomic E-state index is 0.917. The van der Waals surface area contributed by atoms with E-state index in [0.717, 1.165) is 59.7 Å². The van der Waals surface area contributed by atoms with Gasteiger partial charge in [-0.15, -0.1) is 0 Å². The summed E-state index contributed by atoms with van der Waals surface area (Å²) in [6, 6.07) is 0. The molecule has 0 atom stereocenters. The number of hydrogen-bond acceptors (Lipinski definition) is 12. The third-order valence-corrected chi connectivity index (χ3v) is 8.01.